The number of nitrogen functional groups attached to an aromatic ring is 1. The van der Waals surface area contributed by atoms with Gasteiger partial charge in [-0.1, -0.05) is 23.7 Å². The maximum Gasteiger partial charge on any atom is 0.257 e. The Bertz CT molecular complexity index is 918. The predicted octanol–water partition coefficient (Wildman–Crippen LogP) is 2.81. The van der Waals surface area contributed by atoms with Crippen LogP contribution in [0.5, 0.6) is 0 Å². The first-order chi connectivity index (χ1) is 13.4. The summed E-state index contributed by atoms with van der Waals surface area (Å²) in [5.41, 5.74) is 7.50. The van der Waals surface area contributed by atoms with Crippen LogP contribution in [-0.4, -0.2) is 54.8 Å². The van der Waals surface area contributed by atoms with E-state index >= 15 is 0 Å². The summed E-state index contributed by atoms with van der Waals surface area (Å²) in [5.74, 6) is 0.566. The molecule has 0 aromatic heterocycles. The summed E-state index contributed by atoms with van der Waals surface area (Å²) in [6, 6.07) is 11.8. The number of fused-ring (bicyclic) bond motifs is 1. The summed E-state index contributed by atoms with van der Waals surface area (Å²) in [6.45, 7) is 3.50. The molecule has 2 saturated heterocycles. The maximum absolute atomic E-state index is 13.2. The van der Waals surface area contributed by atoms with Crippen molar-refractivity contribution in [1.82, 2.24) is 9.80 Å². The second kappa shape index (κ2) is 7.45. The minimum Gasteiger partial charge on any atom is -0.398 e. The van der Waals surface area contributed by atoms with Gasteiger partial charge >= 0.3 is 0 Å². The number of hydrogen-bond donors (Lipinski definition) is 2. The van der Waals surface area contributed by atoms with Gasteiger partial charge in [0.2, 0.25) is 0 Å². The van der Waals surface area contributed by atoms with E-state index < -0.39 is 0 Å². The van der Waals surface area contributed by atoms with Gasteiger partial charge in [-0.05, 0) is 49.2 Å². The van der Waals surface area contributed by atoms with E-state index in [1.165, 1.54) is 0 Å². The van der Waals surface area contributed by atoms with E-state index in [-0.39, 0.29) is 11.8 Å². The number of carbonyl (C=O) groups excluding carboxylic acids is 2. The maximum atomic E-state index is 13.2. The average Bonchev–Trinajstić information content (AvgIpc) is 3.20. The fourth-order valence-electron chi connectivity index (χ4n) is 4.26. The number of anilines is 2. The van der Waals surface area contributed by atoms with Gasteiger partial charge in [-0.3, -0.25) is 9.59 Å². The molecule has 2 aromatic carbocycles. The molecule has 0 radical (unpaired) electrons. The number of carbonyl (C=O) groups is 2. The molecule has 2 amide bonds. The van der Waals surface area contributed by atoms with Crippen LogP contribution in [0.2, 0.25) is 5.02 Å². The Morgan fingerprint density at radius 2 is 1.71 bits per heavy atom. The Morgan fingerprint density at radius 3 is 2.39 bits per heavy atom. The molecule has 4 rings (SSSR count). The molecule has 0 aliphatic carbocycles. The molecule has 2 heterocycles. The Hall–Kier alpha value is -2.57. The molecule has 0 bridgehead atoms. The highest BCUT2D eigenvalue weighted by Crippen LogP contribution is 2.32. The van der Waals surface area contributed by atoms with Gasteiger partial charge in [0, 0.05) is 36.9 Å². The van der Waals surface area contributed by atoms with E-state index in [4.69, 9.17) is 17.3 Å². The van der Waals surface area contributed by atoms with Crippen LogP contribution < -0.4 is 11.1 Å². The number of benzene rings is 2. The highest BCUT2D eigenvalue weighted by Gasteiger charge is 2.40. The van der Waals surface area contributed by atoms with Crippen LogP contribution in [0, 0.1) is 11.8 Å². The first kappa shape index (κ1) is 18.8. The molecule has 2 fully saturated rings. The smallest absolute Gasteiger partial charge is 0.257 e. The summed E-state index contributed by atoms with van der Waals surface area (Å²) in [7, 11) is 2.12. The number of para-hydroxylation sites is 1. The van der Waals surface area contributed by atoms with Crippen molar-refractivity contribution < 1.29 is 9.59 Å². The minimum atomic E-state index is -0.352. The van der Waals surface area contributed by atoms with Crippen molar-refractivity contribution in [3.05, 3.63) is 58.6 Å². The predicted molar refractivity (Wildman–Crippen MR) is 111 cm³/mol. The van der Waals surface area contributed by atoms with Crippen molar-refractivity contribution in [1.29, 1.82) is 0 Å². The van der Waals surface area contributed by atoms with Gasteiger partial charge in [-0.25, -0.2) is 0 Å². The van der Waals surface area contributed by atoms with Gasteiger partial charge in [0.25, 0.3) is 11.8 Å². The largest absolute Gasteiger partial charge is 0.398 e. The van der Waals surface area contributed by atoms with Crippen LogP contribution in [0.4, 0.5) is 11.4 Å². The monoisotopic (exact) mass is 398 g/mol. The van der Waals surface area contributed by atoms with Gasteiger partial charge in [0.05, 0.1) is 16.8 Å². The van der Waals surface area contributed by atoms with Crippen LogP contribution in [0.1, 0.15) is 20.7 Å². The fraction of sp³-hybridized carbons (Fsp3) is 0.333. The molecule has 7 heteroatoms. The van der Waals surface area contributed by atoms with Crippen molar-refractivity contribution >= 4 is 34.8 Å². The zero-order valence-corrected chi connectivity index (χ0v) is 16.4. The Balaban J connectivity index is 1.56. The molecule has 2 aromatic rings. The zero-order chi connectivity index (χ0) is 19.8. The lowest BCUT2D eigenvalue weighted by Crippen LogP contribution is -2.33. The Kier molecular flexibility index (Phi) is 5.00. The van der Waals surface area contributed by atoms with Crippen LogP contribution in [-0.2, 0) is 0 Å². The van der Waals surface area contributed by atoms with Crippen molar-refractivity contribution in [2.45, 2.75) is 0 Å². The van der Waals surface area contributed by atoms with Gasteiger partial charge < -0.3 is 20.9 Å². The van der Waals surface area contributed by atoms with Crippen molar-refractivity contribution in [3.63, 3.8) is 0 Å². The third-order valence-corrected chi connectivity index (χ3v) is 5.86. The molecular formula is C21H23ClN4O2. The lowest BCUT2D eigenvalue weighted by Gasteiger charge is -2.21. The van der Waals surface area contributed by atoms with Crippen molar-refractivity contribution in [2.24, 2.45) is 11.8 Å². The quantitative estimate of drug-likeness (QED) is 0.779. The molecular weight excluding hydrogens is 376 g/mol. The van der Waals surface area contributed by atoms with Crippen LogP contribution in [0.3, 0.4) is 0 Å². The van der Waals surface area contributed by atoms with Gasteiger partial charge in [0.1, 0.15) is 0 Å². The van der Waals surface area contributed by atoms with E-state index in [0.29, 0.717) is 39.4 Å². The summed E-state index contributed by atoms with van der Waals surface area (Å²) in [4.78, 5) is 30.0. The highest BCUT2D eigenvalue weighted by atomic mass is 35.5. The third kappa shape index (κ3) is 3.57. The van der Waals surface area contributed by atoms with Gasteiger partial charge in [-0.15, -0.1) is 0 Å². The van der Waals surface area contributed by atoms with Crippen molar-refractivity contribution in [2.75, 3.05) is 44.3 Å². The second-order valence-corrected chi connectivity index (χ2v) is 8.12. The molecule has 0 saturated carbocycles. The summed E-state index contributed by atoms with van der Waals surface area (Å²) in [6.07, 6.45) is 0. The number of hydrogen-bond acceptors (Lipinski definition) is 4. The molecule has 2 aliphatic heterocycles. The Morgan fingerprint density at radius 1 is 1.04 bits per heavy atom. The standard InChI is InChI=1S/C21H23ClN4O2/c1-25-9-13-11-26(12-14(13)10-25)21(28)17-8-15(22)6-7-19(17)24-20(27)16-4-2-3-5-18(16)23/h2-8,13-14H,9-12,23H2,1H3,(H,24,27)/t13-,14+. The lowest BCUT2D eigenvalue weighted by molar-refractivity contribution is 0.0777. The van der Waals surface area contributed by atoms with E-state index in [1.807, 2.05) is 4.90 Å². The summed E-state index contributed by atoms with van der Waals surface area (Å²) < 4.78 is 0. The average molecular weight is 399 g/mol. The van der Waals surface area contributed by atoms with E-state index in [0.717, 1.165) is 26.2 Å². The number of likely N-dealkylation sites (tertiary alicyclic amines) is 2. The van der Waals surface area contributed by atoms with Gasteiger partial charge in [-0.2, -0.15) is 0 Å². The molecule has 6 nitrogen and oxygen atoms in total. The molecule has 28 heavy (non-hydrogen) atoms. The minimum absolute atomic E-state index is 0.101. The first-order valence-corrected chi connectivity index (χ1v) is 9.73. The number of rotatable bonds is 3. The highest BCUT2D eigenvalue weighted by molar-refractivity contribution is 6.31. The number of nitrogens with two attached hydrogens (primary N) is 1. The normalized spacial score (nSPS) is 21.6. The number of halogens is 1. The number of nitrogens with zero attached hydrogens (tertiary/aromatic N) is 2. The number of amides is 2. The first-order valence-electron chi connectivity index (χ1n) is 9.35. The lowest BCUT2D eigenvalue weighted by atomic mass is 10.0. The SMILES string of the molecule is CN1C[C@@H]2CN(C(=O)c3cc(Cl)ccc3NC(=O)c3ccccc3N)C[C@@H]2C1. The molecule has 0 unspecified atom stereocenters. The fourth-order valence-corrected chi connectivity index (χ4v) is 4.43. The zero-order valence-electron chi connectivity index (χ0n) is 15.7. The van der Waals surface area contributed by atoms with Crippen molar-refractivity contribution in [3.8, 4) is 0 Å². The summed E-state index contributed by atoms with van der Waals surface area (Å²) >= 11 is 6.15. The Labute approximate surface area is 169 Å². The van der Waals surface area contributed by atoms with E-state index in [2.05, 4.69) is 17.3 Å². The van der Waals surface area contributed by atoms with E-state index in [9.17, 15) is 9.59 Å². The van der Waals surface area contributed by atoms with Gasteiger partial charge in [0.15, 0.2) is 0 Å². The molecule has 3 N–H and O–H groups in total. The van der Waals surface area contributed by atoms with Crippen LogP contribution in [0.25, 0.3) is 0 Å². The van der Waals surface area contributed by atoms with Crippen LogP contribution in [0.15, 0.2) is 42.5 Å². The molecule has 2 atom stereocenters. The molecule has 2 aliphatic rings. The molecule has 0 spiro atoms. The number of nitrogens with one attached hydrogen (secondary N) is 1. The van der Waals surface area contributed by atoms with E-state index in [1.54, 1.807) is 42.5 Å². The second-order valence-electron chi connectivity index (χ2n) is 7.68. The van der Waals surface area contributed by atoms with Crippen LogP contribution >= 0.6 is 11.6 Å². The third-order valence-electron chi connectivity index (χ3n) is 5.62. The summed E-state index contributed by atoms with van der Waals surface area (Å²) in [5, 5.41) is 3.28. The molecule has 146 valence electrons. The topological polar surface area (TPSA) is 78.7 Å².